The summed E-state index contributed by atoms with van der Waals surface area (Å²) in [6, 6.07) is 10.9. The average Bonchev–Trinajstić information content (AvgIpc) is 3.11. The van der Waals surface area contributed by atoms with Crippen molar-refractivity contribution in [3.63, 3.8) is 0 Å². The Morgan fingerprint density at radius 1 is 0.970 bits per heavy atom. The molecular weight excluding hydrogens is 448 g/mol. The second-order valence-electron chi connectivity index (χ2n) is 9.12. The van der Waals surface area contributed by atoms with Gasteiger partial charge >= 0.3 is 12.4 Å². The first kappa shape index (κ1) is 23.6. The minimum Gasteiger partial charge on any atom is -0.373 e. The van der Waals surface area contributed by atoms with Crippen LogP contribution in [0.4, 0.5) is 26.3 Å². The van der Waals surface area contributed by atoms with Crippen molar-refractivity contribution in [2.75, 3.05) is 6.61 Å². The molecular formula is C24H23F6NO2. The zero-order valence-corrected chi connectivity index (χ0v) is 17.8. The van der Waals surface area contributed by atoms with Gasteiger partial charge in [-0.3, -0.25) is 4.79 Å². The van der Waals surface area contributed by atoms with Crippen molar-refractivity contribution in [2.45, 2.75) is 62.0 Å². The molecule has 0 aromatic heterocycles. The molecule has 1 aliphatic carbocycles. The maximum Gasteiger partial charge on any atom is 0.416 e. The number of carbonyl (C=O) groups excluding carboxylic acids is 1. The largest absolute Gasteiger partial charge is 0.416 e. The first-order chi connectivity index (χ1) is 15.3. The molecule has 3 nitrogen and oxygen atoms in total. The van der Waals surface area contributed by atoms with Crippen molar-refractivity contribution in [3.05, 3.63) is 70.8 Å². The summed E-state index contributed by atoms with van der Waals surface area (Å²) < 4.78 is 85.2. The van der Waals surface area contributed by atoms with Crippen LogP contribution in [0.5, 0.6) is 0 Å². The molecule has 1 saturated carbocycles. The predicted octanol–water partition coefficient (Wildman–Crippen LogP) is 6.18. The van der Waals surface area contributed by atoms with E-state index in [0.29, 0.717) is 37.8 Å². The summed E-state index contributed by atoms with van der Waals surface area (Å²) in [5.41, 5.74) is -2.78. The molecule has 2 aromatic carbocycles. The highest BCUT2D eigenvalue weighted by molar-refractivity contribution is 5.80. The smallest absolute Gasteiger partial charge is 0.373 e. The van der Waals surface area contributed by atoms with Crippen molar-refractivity contribution in [3.8, 4) is 0 Å². The van der Waals surface area contributed by atoms with E-state index < -0.39 is 35.0 Å². The summed E-state index contributed by atoms with van der Waals surface area (Å²) in [6.07, 6.45) is -8.50. The van der Waals surface area contributed by atoms with Crippen molar-refractivity contribution in [2.24, 2.45) is 0 Å². The van der Waals surface area contributed by atoms with Gasteiger partial charge in [0.05, 0.1) is 23.8 Å². The molecule has 33 heavy (non-hydrogen) atoms. The Kier molecular flexibility index (Phi) is 5.75. The lowest BCUT2D eigenvalue weighted by molar-refractivity contribution is -0.143. The van der Waals surface area contributed by atoms with Crippen molar-refractivity contribution < 1.29 is 35.9 Å². The molecule has 1 N–H and O–H groups in total. The van der Waals surface area contributed by atoms with Gasteiger partial charge < -0.3 is 10.1 Å². The van der Waals surface area contributed by atoms with Gasteiger partial charge in [0.2, 0.25) is 5.91 Å². The Morgan fingerprint density at radius 2 is 1.55 bits per heavy atom. The van der Waals surface area contributed by atoms with E-state index in [0.717, 1.165) is 5.56 Å². The fourth-order valence-electron chi connectivity index (χ4n) is 5.06. The third-order valence-corrected chi connectivity index (χ3v) is 6.66. The third kappa shape index (κ3) is 4.74. The van der Waals surface area contributed by atoms with Gasteiger partial charge in [-0.05, 0) is 55.5 Å². The maximum atomic E-state index is 13.2. The fourth-order valence-corrected chi connectivity index (χ4v) is 5.06. The van der Waals surface area contributed by atoms with Gasteiger partial charge in [-0.2, -0.15) is 26.3 Å². The van der Waals surface area contributed by atoms with Gasteiger partial charge in [0.15, 0.2) is 0 Å². The first-order valence-corrected chi connectivity index (χ1v) is 10.6. The Bertz CT molecular complexity index is 993. The molecule has 2 fully saturated rings. The van der Waals surface area contributed by atoms with Crippen LogP contribution in [0, 0.1) is 0 Å². The topological polar surface area (TPSA) is 38.3 Å². The molecule has 1 saturated heterocycles. The van der Waals surface area contributed by atoms with Crippen molar-refractivity contribution >= 4 is 5.91 Å². The summed E-state index contributed by atoms with van der Waals surface area (Å²) in [6.45, 7) is 1.55. The number of carbonyl (C=O) groups is 1. The van der Waals surface area contributed by atoms with Crippen LogP contribution in [-0.2, 0) is 27.3 Å². The molecule has 1 heterocycles. The second kappa shape index (κ2) is 8.04. The molecule has 2 aromatic rings. The molecule has 1 spiro atoms. The summed E-state index contributed by atoms with van der Waals surface area (Å²) in [5, 5.41) is 3.01. The van der Waals surface area contributed by atoms with Crippen LogP contribution in [-0.4, -0.2) is 18.1 Å². The van der Waals surface area contributed by atoms with Gasteiger partial charge in [-0.1, -0.05) is 30.3 Å². The second-order valence-corrected chi connectivity index (χ2v) is 9.12. The molecule has 1 aliphatic heterocycles. The quantitative estimate of drug-likeness (QED) is 0.529. The third-order valence-electron chi connectivity index (χ3n) is 6.66. The SMILES string of the molecule is C[C@@H](OCC1(c2ccccc2)CC2(CCC(=O)N2)C1)c1cc(C(F)(F)F)cc(C(F)(F)F)c1. The number of nitrogens with one attached hydrogen (secondary N) is 1. The van der Waals surface area contributed by atoms with Crippen LogP contribution in [0.3, 0.4) is 0 Å². The number of halogens is 6. The Labute approximate surface area is 187 Å². The van der Waals surface area contributed by atoms with Crippen LogP contribution >= 0.6 is 0 Å². The van der Waals surface area contributed by atoms with Crippen LogP contribution in [0.1, 0.15) is 61.0 Å². The number of hydrogen-bond donors (Lipinski definition) is 1. The van der Waals surface area contributed by atoms with E-state index in [1.165, 1.54) is 6.92 Å². The monoisotopic (exact) mass is 471 g/mol. The van der Waals surface area contributed by atoms with Crippen LogP contribution in [0.15, 0.2) is 48.5 Å². The minimum absolute atomic E-state index is 0.0189. The average molecular weight is 471 g/mol. The van der Waals surface area contributed by atoms with Crippen molar-refractivity contribution in [1.29, 1.82) is 0 Å². The summed E-state index contributed by atoms with van der Waals surface area (Å²) in [4.78, 5) is 11.7. The maximum absolute atomic E-state index is 13.2. The number of alkyl halides is 6. The molecule has 0 radical (unpaired) electrons. The Hall–Kier alpha value is -2.55. The molecule has 9 heteroatoms. The number of rotatable bonds is 5. The van der Waals surface area contributed by atoms with E-state index in [-0.39, 0.29) is 29.7 Å². The van der Waals surface area contributed by atoms with E-state index in [1.807, 2.05) is 30.3 Å². The molecule has 1 amide bonds. The Balaban J connectivity index is 1.57. The standard InChI is InChI=1S/C24H23F6NO2/c1-15(16-9-18(23(25,26)27)11-19(10-16)24(28,29)30)33-14-21(17-5-3-2-4-6-17)12-22(13-21)8-7-20(32)31-22/h2-6,9-11,15H,7-8,12-14H2,1H3,(H,31,32)/t15-,21?,22?/m1/s1. The van der Waals surface area contributed by atoms with Gasteiger partial charge in [0.25, 0.3) is 0 Å². The predicted molar refractivity (Wildman–Crippen MR) is 108 cm³/mol. The first-order valence-electron chi connectivity index (χ1n) is 10.6. The van der Waals surface area contributed by atoms with E-state index in [4.69, 9.17) is 4.74 Å². The lowest BCUT2D eigenvalue weighted by Gasteiger charge is -2.55. The van der Waals surface area contributed by atoms with E-state index in [9.17, 15) is 31.1 Å². The minimum atomic E-state index is -4.91. The summed E-state index contributed by atoms with van der Waals surface area (Å²) in [7, 11) is 0. The summed E-state index contributed by atoms with van der Waals surface area (Å²) >= 11 is 0. The highest BCUT2D eigenvalue weighted by Crippen LogP contribution is 2.54. The molecule has 0 unspecified atom stereocenters. The van der Waals surface area contributed by atoms with Crippen LogP contribution in [0.2, 0.25) is 0 Å². The van der Waals surface area contributed by atoms with Gasteiger partial charge in [-0.15, -0.1) is 0 Å². The molecule has 2 aliphatic rings. The number of hydrogen-bond acceptors (Lipinski definition) is 2. The van der Waals surface area contributed by atoms with Gasteiger partial charge in [-0.25, -0.2) is 0 Å². The lowest BCUT2D eigenvalue weighted by Crippen LogP contribution is -2.62. The van der Waals surface area contributed by atoms with E-state index >= 15 is 0 Å². The van der Waals surface area contributed by atoms with E-state index in [1.54, 1.807) is 0 Å². The Morgan fingerprint density at radius 3 is 2.03 bits per heavy atom. The molecule has 178 valence electrons. The molecule has 4 rings (SSSR count). The lowest BCUT2D eigenvalue weighted by atomic mass is 9.54. The molecule has 0 bridgehead atoms. The highest BCUT2D eigenvalue weighted by atomic mass is 19.4. The number of amides is 1. The highest BCUT2D eigenvalue weighted by Gasteiger charge is 2.58. The van der Waals surface area contributed by atoms with Gasteiger partial charge in [0, 0.05) is 17.4 Å². The van der Waals surface area contributed by atoms with Gasteiger partial charge in [0.1, 0.15) is 0 Å². The molecule has 1 atom stereocenters. The van der Waals surface area contributed by atoms with Crippen LogP contribution < -0.4 is 5.32 Å². The number of ether oxygens (including phenoxy) is 1. The normalized spacial score (nSPS) is 26.2. The summed E-state index contributed by atoms with van der Waals surface area (Å²) in [5.74, 6) is -0.0189. The number of benzene rings is 2. The zero-order chi connectivity index (χ0) is 24.1. The van der Waals surface area contributed by atoms with Crippen LogP contribution in [0.25, 0.3) is 0 Å². The zero-order valence-electron chi connectivity index (χ0n) is 17.8. The van der Waals surface area contributed by atoms with Crippen molar-refractivity contribution in [1.82, 2.24) is 5.32 Å². The van der Waals surface area contributed by atoms with E-state index in [2.05, 4.69) is 5.32 Å². The fraction of sp³-hybridized carbons (Fsp3) is 0.458.